The van der Waals surface area contributed by atoms with Gasteiger partial charge in [-0.15, -0.1) is 5.10 Å². The second kappa shape index (κ2) is 3.35. The number of hydrogen-bond acceptors (Lipinski definition) is 3. The van der Waals surface area contributed by atoms with Crippen LogP contribution in [0.15, 0.2) is 6.20 Å². The summed E-state index contributed by atoms with van der Waals surface area (Å²) in [4.78, 5) is 0. The van der Waals surface area contributed by atoms with Crippen LogP contribution < -0.4 is 5.32 Å². The molecule has 1 saturated carbocycles. The summed E-state index contributed by atoms with van der Waals surface area (Å²) in [5, 5.41) is 11.3. The molecule has 0 bridgehead atoms. The monoisotopic (exact) mass is 194 g/mol. The summed E-state index contributed by atoms with van der Waals surface area (Å²) in [5.74, 6) is 0. The lowest BCUT2D eigenvalue weighted by molar-refractivity contribution is 0.431. The van der Waals surface area contributed by atoms with E-state index in [2.05, 4.69) is 22.6 Å². The van der Waals surface area contributed by atoms with Crippen molar-refractivity contribution in [3.63, 3.8) is 0 Å². The van der Waals surface area contributed by atoms with Crippen LogP contribution in [0.5, 0.6) is 0 Å². The summed E-state index contributed by atoms with van der Waals surface area (Å²) in [7, 11) is 4.01. The van der Waals surface area contributed by atoms with E-state index in [0.29, 0.717) is 6.04 Å². The Morgan fingerprint density at radius 3 is 2.93 bits per heavy atom. The van der Waals surface area contributed by atoms with E-state index >= 15 is 0 Å². The first-order valence-corrected chi connectivity index (χ1v) is 5.18. The molecule has 0 aromatic carbocycles. The molecular weight excluding hydrogens is 176 g/mol. The van der Waals surface area contributed by atoms with E-state index in [9.17, 15) is 0 Å². The lowest BCUT2D eigenvalue weighted by Crippen LogP contribution is -2.27. The molecule has 1 heterocycles. The minimum absolute atomic E-state index is 0.256. The zero-order chi connectivity index (χ0) is 10.2. The lowest BCUT2D eigenvalue weighted by Gasteiger charge is -2.23. The fourth-order valence-corrected chi connectivity index (χ4v) is 2.56. The predicted molar refractivity (Wildman–Crippen MR) is 55.1 cm³/mol. The molecule has 1 aliphatic carbocycles. The molecule has 1 aromatic heterocycles. The highest BCUT2D eigenvalue weighted by atomic mass is 15.4. The van der Waals surface area contributed by atoms with Crippen molar-refractivity contribution < 1.29 is 0 Å². The molecule has 0 spiro atoms. The van der Waals surface area contributed by atoms with Gasteiger partial charge in [-0.25, -0.2) is 0 Å². The first-order chi connectivity index (χ1) is 6.65. The van der Waals surface area contributed by atoms with Crippen molar-refractivity contribution in [3.8, 4) is 0 Å². The van der Waals surface area contributed by atoms with Gasteiger partial charge in [0.15, 0.2) is 0 Å². The summed E-state index contributed by atoms with van der Waals surface area (Å²) < 4.78 is 1.90. The van der Waals surface area contributed by atoms with Crippen molar-refractivity contribution >= 4 is 0 Å². The van der Waals surface area contributed by atoms with E-state index in [0.717, 1.165) is 0 Å². The van der Waals surface area contributed by atoms with Gasteiger partial charge < -0.3 is 5.32 Å². The molecule has 14 heavy (non-hydrogen) atoms. The Kier molecular flexibility index (Phi) is 2.31. The fourth-order valence-electron chi connectivity index (χ4n) is 2.56. The Morgan fingerprint density at radius 1 is 1.64 bits per heavy atom. The van der Waals surface area contributed by atoms with Crippen LogP contribution in [0.25, 0.3) is 0 Å². The van der Waals surface area contributed by atoms with Crippen LogP contribution in [0.1, 0.15) is 31.9 Å². The minimum Gasteiger partial charge on any atom is -0.317 e. The van der Waals surface area contributed by atoms with Gasteiger partial charge >= 0.3 is 0 Å². The number of nitrogens with zero attached hydrogens (tertiary/aromatic N) is 3. The van der Waals surface area contributed by atoms with Crippen LogP contribution in [0.3, 0.4) is 0 Å². The Morgan fingerprint density at radius 2 is 2.43 bits per heavy atom. The van der Waals surface area contributed by atoms with E-state index in [1.54, 1.807) is 0 Å². The third-order valence-electron chi connectivity index (χ3n) is 3.48. The SMILES string of the molecule is CNC1CCC(C)(c2cnnn2C)C1. The van der Waals surface area contributed by atoms with Gasteiger partial charge in [-0.3, -0.25) is 4.68 Å². The third kappa shape index (κ3) is 1.43. The number of aryl methyl sites for hydroxylation is 1. The summed E-state index contributed by atoms with van der Waals surface area (Å²) in [6.07, 6.45) is 5.56. The molecule has 2 unspecified atom stereocenters. The molecule has 4 heteroatoms. The predicted octanol–water partition coefficient (Wildman–Crippen LogP) is 0.845. The van der Waals surface area contributed by atoms with Crippen LogP contribution >= 0.6 is 0 Å². The maximum absolute atomic E-state index is 4.00. The summed E-state index contributed by atoms with van der Waals surface area (Å²) >= 11 is 0. The van der Waals surface area contributed by atoms with Gasteiger partial charge in [0.05, 0.1) is 11.9 Å². The number of rotatable bonds is 2. The van der Waals surface area contributed by atoms with E-state index in [1.165, 1.54) is 25.0 Å². The van der Waals surface area contributed by atoms with Gasteiger partial charge in [-0.05, 0) is 26.3 Å². The highest BCUT2D eigenvalue weighted by Crippen LogP contribution is 2.39. The second-order valence-corrected chi connectivity index (χ2v) is 4.53. The average molecular weight is 194 g/mol. The molecule has 78 valence electrons. The Hall–Kier alpha value is -0.900. The maximum Gasteiger partial charge on any atom is 0.0730 e. The van der Waals surface area contributed by atoms with Crippen molar-refractivity contribution in [1.29, 1.82) is 0 Å². The summed E-state index contributed by atoms with van der Waals surface area (Å²) in [6.45, 7) is 2.31. The molecule has 1 N–H and O–H groups in total. The Bertz CT molecular complexity index is 320. The van der Waals surface area contributed by atoms with Crippen LogP contribution in [-0.4, -0.2) is 28.1 Å². The smallest absolute Gasteiger partial charge is 0.0730 e. The van der Waals surface area contributed by atoms with Crippen molar-refractivity contribution in [2.75, 3.05) is 7.05 Å². The van der Waals surface area contributed by atoms with Crippen LogP contribution in [0.4, 0.5) is 0 Å². The zero-order valence-electron chi connectivity index (χ0n) is 9.12. The standard InChI is InChI=1S/C10H18N4/c1-10(5-4-8(6-10)11-2)9-7-12-13-14(9)3/h7-8,11H,4-6H2,1-3H3. The lowest BCUT2D eigenvalue weighted by atomic mass is 9.85. The van der Waals surface area contributed by atoms with Crippen molar-refractivity contribution in [3.05, 3.63) is 11.9 Å². The van der Waals surface area contributed by atoms with E-state index in [-0.39, 0.29) is 5.41 Å². The quantitative estimate of drug-likeness (QED) is 0.759. The van der Waals surface area contributed by atoms with E-state index < -0.39 is 0 Å². The molecule has 1 aliphatic rings. The van der Waals surface area contributed by atoms with Crippen molar-refractivity contribution in [2.45, 2.75) is 37.6 Å². The number of aromatic nitrogens is 3. The molecular formula is C10H18N4. The first-order valence-electron chi connectivity index (χ1n) is 5.18. The molecule has 0 saturated heterocycles. The molecule has 1 aromatic rings. The van der Waals surface area contributed by atoms with Crippen molar-refractivity contribution in [2.24, 2.45) is 7.05 Å². The molecule has 1 fully saturated rings. The largest absolute Gasteiger partial charge is 0.317 e. The second-order valence-electron chi connectivity index (χ2n) is 4.53. The van der Waals surface area contributed by atoms with Gasteiger partial charge in [0, 0.05) is 18.5 Å². The summed E-state index contributed by atoms with van der Waals surface area (Å²) in [6, 6.07) is 0.648. The maximum atomic E-state index is 4.00. The van der Waals surface area contributed by atoms with Crippen LogP contribution in [-0.2, 0) is 12.5 Å². The zero-order valence-corrected chi connectivity index (χ0v) is 9.12. The molecule has 0 aliphatic heterocycles. The van der Waals surface area contributed by atoms with Gasteiger partial charge in [0.2, 0.25) is 0 Å². The minimum atomic E-state index is 0.256. The van der Waals surface area contributed by atoms with E-state index in [4.69, 9.17) is 0 Å². The first kappa shape index (κ1) is 9.65. The van der Waals surface area contributed by atoms with Crippen molar-refractivity contribution in [1.82, 2.24) is 20.3 Å². The normalized spacial score (nSPS) is 32.4. The number of nitrogens with one attached hydrogen (secondary N) is 1. The topological polar surface area (TPSA) is 42.7 Å². The van der Waals surface area contributed by atoms with Gasteiger partial charge in [0.1, 0.15) is 0 Å². The Labute approximate surface area is 84.7 Å². The summed E-state index contributed by atoms with van der Waals surface area (Å²) in [5.41, 5.74) is 1.52. The number of hydrogen-bond donors (Lipinski definition) is 1. The van der Waals surface area contributed by atoms with Gasteiger partial charge in [0.25, 0.3) is 0 Å². The van der Waals surface area contributed by atoms with Crippen LogP contribution in [0.2, 0.25) is 0 Å². The van der Waals surface area contributed by atoms with E-state index in [1.807, 2.05) is 25.0 Å². The molecule has 2 rings (SSSR count). The third-order valence-corrected chi connectivity index (χ3v) is 3.48. The fraction of sp³-hybridized carbons (Fsp3) is 0.800. The van der Waals surface area contributed by atoms with Gasteiger partial charge in [-0.1, -0.05) is 12.1 Å². The van der Waals surface area contributed by atoms with Gasteiger partial charge in [-0.2, -0.15) is 0 Å². The average Bonchev–Trinajstić information content (AvgIpc) is 2.73. The molecule has 2 atom stereocenters. The molecule has 4 nitrogen and oxygen atoms in total. The molecule has 0 radical (unpaired) electrons. The molecule has 0 amide bonds. The van der Waals surface area contributed by atoms with Crippen LogP contribution in [0, 0.1) is 0 Å². The highest BCUT2D eigenvalue weighted by molar-refractivity contribution is 5.15. The highest BCUT2D eigenvalue weighted by Gasteiger charge is 2.38. The Balaban J connectivity index is 2.22.